The Balaban J connectivity index is 5.17. The summed E-state index contributed by atoms with van der Waals surface area (Å²) in [6.07, 6.45) is 35.2. The lowest BCUT2D eigenvalue weighted by atomic mass is 10.0. The molecule has 17 nitrogen and oxygen atoms in total. The molecule has 0 rings (SSSR count). The molecule has 0 saturated heterocycles. The number of hydrogen-bond donors (Lipinski definition) is 3. The maximum absolute atomic E-state index is 12.9. The summed E-state index contributed by atoms with van der Waals surface area (Å²) in [6, 6.07) is 0. The van der Waals surface area contributed by atoms with Gasteiger partial charge in [-0.3, -0.25) is 37.3 Å². The zero-order valence-corrected chi connectivity index (χ0v) is 51.6. The number of aliphatic hydroxyl groups is 1. The predicted molar refractivity (Wildman–Crippen MR) is 308 cm³/mol. The Bertz CT molecular complexity index is 1530. The first-order valence-corrected chi connectivity index (χ1v) is 34.1. The second-order valence-corrected chi connectivity index (χ2v) is 24.8. The van der Waals surface area contributed by atoms with E-state index >= 15 is 0 Å². The summed E-state index contributed by atoms with van der Waals surface area (Å²) in [4.78, 5) is 71.7. The second kappa shape index (κ2) is 53.1. The van der Waals surface area contributed by atoms with Crippen LogP contribution in [0.25, 0.3) is 0 Å². The summed E-state index contributed by atoms with van der Waals surface area (Å²) in [6.45, 7) is 7.02. The lowest BCUT2D eigenvalue weighted by molar-refractivity contribution is -0.161. The first-order chi connectivity index (χ1) is 37.5. The summed E-state index contributed by atoms with van der Waals surface area (Å²) in [5.74, 6) is -1.41. The third kappa shape index (κ3) is 53.4. The molecule has 0 aromatic rings. The number of carbonyl (C=O) groups is 4. The number of unbranched alkanes of at least 4 members (excludes halogenated alkanes) is 31. The van der Waals surface area contributed by atoms with E-state index in [4.69, 9.17) is 37.0 Å². The van der Waals surface area contributed by atoms with Gasteiger partial charge in [-0.05, 0) is 31.6 Å². The number of aliphatic hydroxyl groups excluding tert-OH is 1. The van der Waals surface area contributed by atoms with E-state index in [2.05, 4.69) is 34.6 Å². The normalized spacial score (nSPS) is 14.4. The zero-order valence-electron chi connectivity index (χ0n) is 49.8. The molecule has 0 spiro atoms. The minimum atomic E-state index is -4.94. The van der Waals surface area contributed by atoms with Crippen LogP contribution in [-0.4, -0.2) is 96.7 Å². The highest BCUT2D eigenvalue weighted by atomic mass is 31.2. The summed E-state index contributed by atoms with van der Waals surface area (Å²) in [5, 5.41) is 10.5. The molecule has 0 aromatic carbocycles. The van der Waals surface area contributed by atoms with Crippen molar-refractivity contribution in [2.45, 2.75) is 310 Å². The van der Waals surface area contributed by atoms with E-state index in [1.165, 1.54) is 103 Å². The van der Waals surface area contributed by atoms with Crippen molar-refractivity contribution < 1.29 is 80.2 Å². The van der Waals surface area contributed by atoms with E-state index in [9.17, 15) is 43.2 Å². The topological polar surface area (TPSA) is 237 Å². The van der Waals surface area contributed by atoms with Crippen molar-refractivity contribution in [3.05, 3.63) is 0 Å². The smallest absolute Gasteiger partial charge is 0.462 e. The van der Waals surface area contributed by atoms with Gasteiger partial charge in [-0.2, -0.15) is 0 Å². The van der Waals surface area contributed by atoms with Crippen molar-refractivity contribution in [3.8, 4) is 0 Å². The van der Waals surface area contributed by atoms with Crippen LogP contribution in [0.5, 0.6) is 0 Å². The van der Waals surface area contributed by atoms with Crippen molar-refractivity contribution in [1.29, 1.82) is 0 Å². The molecule has 0 aliphatic carbocycles. The fourth-order valence-corrected chi connectivity index (χ4v) is 10.3. The molecule has 5 atom stereocenters. The number of phosphoric acid groups is 2. The minimum absolute atomic E-state index is 0.104. The highest BCUT2D eigenvalue weighted by Gasteiger charge is 2.30. The summed E-state index contributed by atoms with van der Waals surface area (Å²) < 4.78 is 67.5. The van der Waals surface area contributed by atoms with Gasteiger partial charge in [-0.15, -0.1) is 0 Å². The molecule has 462 valence electrons. The van der Waals surface area contributed by atoms with Crippen molar-refractivity contribution in [2.75, 3.05) is 39.6 Å². The third-order valence-corrected chi connectivity index (χ3v) is 15.4. The highest BCUT2D eigenvalue weighted by Crippen LogP contribution is 2.45. The van der Waals surface area contributed by atoms with Crippen LogP contribution in [0.3, 0.4) is 0 Å². The number of carbonyl (C=O) groups excluding carboxylic acids is 4. The van der Waals surface area contributed by atoms with Gasteiger partial charge >= 0.3 is 39.5 Å². The van der Waals surface area contributed by atoms with Crippen molar-refractivity contribution in [3.63, 3.8) is 0 Å². The summed E-state index contributed by atoms with van der Waals surface area (Å²) in [7, 11) is -9.86. The lowest BCUT2D eigenvalue weighted by Gasteiger charge is -2.21. The molecule has 19 heteroatoms. The van der Waals surface area contributed by atoms with Gasteiger partial charge in [0, 0.05) is 25.7 Å². The van der Waals surface area contributed by atoms with Crippen LogP contribution in [0.1, 0.15) is 291 Å². The van der Waals surface area contributed by atoms with Gasteiger partial charge in [0.1, 0.15) is 19.3 Å². The minimum Gasteiger partial charge on any atom is -0.462 e. The number of phosphoric ester groups is 2. The van der Waals surface area contributed by atoms with E-state index in [0.29, 0.717) is 25.7 Å². The molecule has 0 amide bonds. The fraction of sp³-hybridized carbons (Fsp3) is 0.932. The molecular formula is C59H114O17P2. The van der Waals surface area contributed by atoms with Gasteiger partial charge in [0.05, 0.1) is 26.4 Å². The van der Waals surface area contributed by atoms with Gasteiger partial charge in [0.15, 0.2) is 12.2 Å². The van der Waals surface area contributed by atoms with Crippen LogP contribution in [-0.2, 0) is 65.4 Å². The second-order valence-electron chi connectivity index (χ2n) is 21.9. The van der Waals surface area contributed by atoms with E-state index in [1.807, 2.05) is 0 Å². The molecule has 0 aromatic heterocycles. The first-order valence-electron chi connectivity index (χ1n) is 31.1. The molecule has 0 saturated carbocycles. The average Bonchev–Trinajstić information content (AvgIpc) is 3.40. The standard InChI is InChI=1S/C59H114O17P2/c1-6-9-12-15-17-19-20-21-22-25-30-35-40-45-59(64)76-55(49-70-57(62)43-38-33-29-26-23-24-27-32-36-41-52(4)5)51-74-78(67,68)72-47-53(60)46-71-77(65,66)73-50-54(48-69-56(61)42-37-31-14-11-8-3)75-58(63)44-39-34-28-18-16-13-10-7-2/h52-55,60H,6-51H2,1-5H3,(H,65,66)(H,67,68)/t53-,54+,55+/m0/s1. The lowest BCUT2D eigenvalue weighted by Crippen LogP contribution is -2.30. The largest absolute Gasteiger partial charge is 0.472 e. The Labute approximate surface area is 473 Å². The van der Waals surface area contributed by atoms with E-state index in [-0.39, 0.29) is 25.7 Å². The highest BCUT2D eigenvalue weighted by molar-refractivity contribution is 7.47. The Morgan fingerprint density at radius 2 is 0.590 bits per heavy atom. The van der Waals surface area contributed by atoms with E-state index < -0.39 is 97.5 Å². The monoisotopic (exact) mass is 1160 g/mol. The number of ether oxygens (including phenoxy) is 4. The maximum Gasteiger partial charge on any atom is 0.472 e. The van der Waals surface area contributed by atoms with Crippen LogP contribution < -0.4 is 0 Å². The molecular weight excluding hydrogens is 1040 g/mol. The van der Waals surface area contributed by atoms with Crippen LogP contribution in [0.4, 0.5) is 0 Å². The van der Waals surface area contributed by atoms with Crippen LogP contribution in [0.15, 0.2) is 0 Å². The zero-order chi connectivity index (χ0) is 57.8. The first kappa shape index (κ1) is 76.1. The van der Waals surface area contributed by atoms with Crippen molar-refractivity contribution >= 4 is 39.5 Å². The Morgan fingerprint density at radius 1 is 0.346 bits per heavy atom. The van der Waals surface area contributed by atoms with E-state index in [1.54, 1.807) is 0 Å². The number of hydrogen-bond acceptors (Lipinski definition) is 15. The maximum atomic E-state index is 12.9. The number of esters is 4. The Hall–Kier alpha value is -1.94. The quantitative estimate of drug-likeness (QED) is 0.0222. The average molecular weight is 1160 g/mol. The van der Waals surface area contributed by atoms with Gasteiger partial charge in [0.25, 0.3) is 0 Å². The van der Waals surface area contributed by atoms with Crippen LogP contribution >= 0.6 is 15.6 Å². The third-order valence-electron chi connectivity index (χ3n) is 13.5. The van der Waals surface area contributed by atoms with Gasteiger partial charge < -0.3 is 33.8 Å². The van der Waals surface area contributed by atoms with Crippen molar-refractivity contribution in [1.82, 2.24) is 0 Å². The molecule has 0 heterocycles. The van der Waals surface area contributed by atoms with Crippen LogP contribution in [0.2, 0.25) is 0 Å². The SMILES string of the molecule is CCCCCCCCCCCCCCCC(=O)O[C@H](COC(=O)CCCCCCCCCCCC(C)C)COP(=O)(O)OC[C@@H](O)COP(=O)(O)OC[C@@H](COC(=O)CCCCCCC)OC(=O)CCCCCCCCCC. The summed E-state index contributed by atoms with van der Waals surface area (Å²) >= 11 is 0. The van der Waals surface area contributed by atoms with Crippen LogP contribution in [0, 0.1) is 5.92 Å². The molecule has 0 aliphatic rings. The number of rotatable bonds is 59. The Morgan fingerprint density at radius 3 is 0.872 bits per heavy atom. The van der Waals surface area contributed by atoms with Crippen molar-refractivity contribution in [2.24, 2.45) is 5.92 Å². The molecule has 2 unspecified atom stereocenters. The molecule has 0 radical (unpaired) electrons. The summed E-state index contributed by atoms with van der Waals surface area (Å²) in [5.41, 5.74) is 0. The van der Waals surface area contributed by atoms with Gasteiger partial charge in [-0.25, -0.2) is 9.13 Å². The molecule has 0 fully saturated rings. The molecule has 3 N–H and O–H groups in total. The molecule has 0 bridgehead atoms. The Kier molecular flexibility index (Phi) is 51.8. The fourth-order valence-electron chi connectivity index (χ4n) is 8.70. The van der Waals surface area contributed by atoms with E-state index in [0.717, 1.165) is 109 Å². The predicted octanol–water partition coefficient (Wildman–Crippen LogP) is 15.8. The molecule has 78 heavy (non-hydrogen) atoms. The van der Waals surface area contributed by atoms with Gasteiger partial charge in [0.2, 0.25) is 0 Å². The molecule has 0 aliphatic heterocycles. The van der Waals surface area contributed by atoms with Gasteiger partial charge in [-0.1, -0.05) is 240 Å².